The Bertz CT molecular complexity index is 407. The molecule has 1 N–H and O–H groups in total. The summed E-state index contributed by atoms with van der Waals surface area (Å²) >= 11 is 0. The first kappa shape index (κ1) is 13.4. The second-order valence-corrected chi connectivity index (χ2v) is 4.86. The van der Waals surface area contributed by atoms with E-state index in [0.717, 1.165) is 51.9 Å². The van der Waals surface area contributed by atoms with Gasteiger partial charge in [-0.3, -0.25) is 9.13 Å². The van der Waals surface area contributed by atoms with Crippen LogP contribution in [0.2, 0.25) is 0 Å². The molecule has 0 unspecified atom stereocenters. The maximum Gasteiger partial charge on any atom is 0.328 e. The van der Waals surface area contributed by atoms with Gasteiger partial charge in [-0.25, -0.2) is 4.79 Å². The Labute approximate surface area is 108 Å². The Morgan fingerprint density at radius 2 is 2.17 bits per heavy atom. The molecule has 1 fully saturated rings. The van der Waals surface area contributed by atoms with Crippen LogP contribution < -0.4 is 11.0 Å². The largest absolute Gasteiger partial charge is 0.383 e. The highest BCUT2D eigenvalue weighted by Gasteiger charge is 2.25. The predicted molar refractivity (Wildman–Crippen MR) is 70.9 cm³/mol. The number of ether oxygens (including phenoxy) is 1. The van der Waals surface area contributed by atoms with Crippen molar-refractivity contribution in [1.82, 2.24) is 14.5 Å². The molecule has 0 bridgehead atoms. The number of aromatic nitrogens is 2. The molecule has 0 atom stereocenters. The van der Waals surface area contributed by atoms with Gasteiger partial charge < -0.3 is 10.1 Å². The molecule has 1 heterocycles. The van der Waals surface area contributed by atoms with Crippen LogP contribution in [0.4, 0.5) is 0 Å². The van der Waals surface area contributed by atoms with Crippen LogP contribution in [0, 0.1) is 0 Å². The molecule has 5 heteroatoms. The number of aryl methyl sites for hydroxylation is 1. The Hall–Kier alpha value is -1.07. The molecule has 18 heavy (non-hydrogen) atoms. The smallest absolute Gasteiger partial charge is 0.328 e. The number of nitrogens with one attached hydrogen (secondary N) is 1. The molecule has 1 aliphatic carbocycles. The topological polar surface area (TPSA) is 48.2 Å². The Kier molecular flexibility index (Phi) is 5.01. The summed E-state index contributed by atoms with van der Waals surface area (Å²) in [6.07, 6.45) is 8.29. The first-order chi connectivity index (χ1) is 8.83. The third-order valence-electron chi connectivity index (χ3n) is 3.30. The highest BCUT2D eigenvalue weighted by Crippen LogP contribution is 2.33. The van der Waals surface area contributed by atoms with Crippen molar-refractivity contribution in [3.8, 4) is 0 Å². The highest BCUT2D eigenvalue weighted by atomic mass is 16.5. The molecule has 2 rings (SSSR count). The second kappa shape index (κ2) is 6.75. The van der Waals surface area contributed by atoms with E-state index in [4.69, 9.17) is 4.74 Å². The summed E-state index contributed by atoms with van der Waals surface area (Å²) in [5, 5.41) is 3.30. The van der Waals surface area contributed by atoms with Crippen molar-refractivity contribution < 1.29 is 4.74 Å². The molecule has 5 nitrogen and oxygen atoms in total. The van der Waals surface area contributed by atoms with Crippen LogP contribution in [-0.2, 0) is 11.3 Å². The van der Waals surface area contributed by atoms with Gasteiger partial charge >= 0.3 is 5.69 Å². The van der Waals surface area contributed by atoms with E-state index in [-0.39, 0.29) is 5.69 Å². The second-order valence-electron chi connectivity index (χ2n) is 4.86. The van der Waals surface area contributed by atoms with E-state index in [1.165, 1.54) is 0 Å². The lowest BCUT2D eigenvalue weighted by Crippen LogP contribution is -2.24. The molecule has 1 aliphatic rings. The molecular formula is C13H23N3O2. The Morgan fingerprint density at radius 3 is 2.89 bits per heavy atom. The van der Waals surface area contributed by atoms with Crippen molar-refractivity contribution in [3.63, 3.8) is 0 Å². The normalized spacial score (nSPS) is 15.2. The van der Waals surface area contributed by atoms with E-state index in [0.29, 0.717) is 6.04 Å². The van der Waals surface area contributed by atoms with Crippen LogP contribution in [0.15, 0.2) is 17.2 Å². The number of hydrogen-bond acceptors (Lipinski definition) is 3. The third-order valence-corrected chi connectivity index (χ3v) is 3.30. The number of imidazole rings is 1. The first-order valence-corrected chi connectivity index (χ1v) is 6.80. The van der Waals surface area contributed by atoms with Gasteiger partial charge in [0.1, 0.15) is 0 Å². The maximum absolute atomic E-state index is 11.9. The average Bonchev–Trinajstić information content (AvgIpc) is 3.14. The molecule has 0 aliphatic heterocycles. The fraction of sp³-hybridized carbons (Fsp3) is 0.769. The molecule has 1 aromatic rings. The quantitative estimate of drug-likeness (QED) is 0.668. The van der Waals surface area contributed by atoms with Gasteiger partial charge in [0.2, 0.25) is 0 Å². The molecule has 1 saturated carbocycles. The monoisotopic (exact) mass is 253 g/mol. The minimum atomic E-state index is 0.157. The third kappa shape index (κ3) is 3.71. The summed E-state index contributed by atoms with van der Waals surface area (Å²) in [4.78, 5) is 11.9. The summed E-state index contributed by atoms with van der Waals surface area (Å²) in [5.74, 6) is 0. The fourth-order valence-corrected chi connectivity index (χ4v) is 2.06. The van der Waals surface area contributed by atoms with Crippen LogP contribution >= 0.6 is 0 Å². The molecule has 1 aromatic heterocycles. The number of rotatable bonds is 9. The minimum Gasteiger partial charge on any atom is -0.383 e. The van der Waals surface area contributed by atoms with Gasteiger partial charge in [-0.2, -0.15) is 0 Å². The van der Waals surface area contributed by atoms with Crippen molar-refractivity contribution in [2.45, 2.75) is 38.3 Å². The van der Waals surface area contributed by atoms with Gasteiger partial charge in [0.25, 0.3) is 0 Å². The summed E-state index contributed by atoms with van der Waals surface area (Å²) in [5.41, 5.74) is 0.157. The lowest BCUT2D eigenvalue weighted by molar-refractivity contribution is 0.199. The summed E-state index contributed by atoms with van der Waals surface area (Å²) in [6.45, 7) is 3.46. The fourth-order valence-electron chi connectivity index (χ4n) is 2.06. The molecule has 0 aromatic carbocycles. The molecule has 0 spiro atoms. The van der Waals surface area contributed by atoms with Gasteiger partial charge in [0.05, 0.1) is 6.61 Å². The summed E-state index contributed by atoms with van der Waals surface area (Å²) in [6, 6.07) is 0.481. The molecule has 0 radical (unpaired) electrons. The van der Waals surface area contributed by atoms with Crippen LogP contribution in [-0.4, -0.2) is 35.9 Å². The SMILES string of the molecule is COCCNCCCCn1ccn(C2CC2)c1=O. The minimum absolute atomic E-state index is 0.157. The average molecular weight is 253 g/mol. The predicted octanol–water partition coefficient (Wildman–Crippen LogP) is 1.00. The van der Waals surface area contributed by atoms with Gasteiger partial charge in [-0.1, -0.05) is 0 Å². The lowest BCUT2D eigenvalue weighted by atomic mass is 10.3. The zero-order valence-electron chi connectivity index (χ0n) is 11.1. The Balaban J connectivity index is 1.63. The standard InChI is InChI=1S/C13H23N3O2/c1-18-11-7-14-6-2-3-8-15-9-10-16(13(15)17)12-4-5-12/h9-10,12,14H,2-8,11H2,1H3. The maximum atomic E-state index is 11.9. The van der Waals surface area contributed by atoms with Crippen molar-refractivity contribution >= 4 is 0 Å². The number of nitrogens with zero attached hydrogens (tertiary/aromatic N) is 2. The van der Waals surface area contributed by atoms with Crippen molar-refractivity contribution in [2.24, 2.45) is 0 Å². The van der Waals surface area contributed by atoms with E-state index in [1.54, 1.807) is 7.11 Å². The zero-order valence-corrected chi connectivity index (χ0v) is 11.1. The van der Waals surface area contributed by atoms with Crippen LogP contribution in [0.25, 0.3) is 0 Å². The number of unbranched alkanes of at least 4 members (excludes halogenated alkanes) is 1. The van der Waals surface area contributed by atoms with Crippen molar-refractivity contribution in [2.75, 3.05) is 26.8 Å². The molecule has 0 saturated heterocycles. The zero-order chi connectivity index (χ0) is 12.8. The van der Waals surface area contributed by atoms with E-state index < -0.39 is 0 Å². The van der Waals surface area contributed by atoms with Gasteiger partial charge in [-0.15, -0.1) is 0 Å². The van der Waals surface area contributed by atoms with Gasteiger partial charge in [0, 0.05) is 38.6 Å². The Morgan fingerprint density at radius 1 is 1.33 bits per heavy atom. The van der Waals surface area contributed by atoms with Crippen molar-refractivity contribution in [1.29, 1.82) is 0 Å². The molecule has 0 amide bonds. The van der Waals surface area contributed by atoms with Crippen molar-refractivity contribution in [3.05, 3.63) is 22.9 Å². The van der Waals surface area contributed by atoms with Crippen LogP contribution in [0.5, 0.6) is 0 Å². The van der Waals surface area contributed by atoms with E-state index in [9.17, 15) is 4.79 Å². The summed E-state index contributed by atoms with van der Waals surface area (Å²) < 4.78 is 8.65. The van der Waals surface area contributed by atoms with Gasteiger partial charge in [-0.05, 0) is 32.2 Å². The lowest BCUT2D eigenvalue weighted by Gasteiger charge is -2.04. The van der Waals surface area contributed by atoms with Gasteiger partial charge in [0.15, 0.2) is 0 Å². The number of methoxy groups -OCH3 is 1. The van der Waals surface area contributed by atoms with Crippen LogP contribution in [0.1, 0.15) is 31.7 Å². The highest BCUT2D eigenvalue weighted by molar-refractivity contribution is 4.91. The number of hydrogen-bond donors (Lipinski definition) is 1. The first-order valence-electron chi connectivity index (χ1n) is 6.80. The molecular weight excluding hydrogens is 230 g/mol. The van der Waals surface area contributed by atoms with E-state index >= 15 is 0 Å². The molecule has 102 valence electrons. The van der Waals surface area contributed by atoms with E-state index in [2.05, 4.69) is 5.32 Å². The summed E-state index contributed by atoms with van der Waals surface area (Å²) in [7, 11) is 1.71. The van der Waals surface area contributed by atoms with Crippen LogP contribution in [0.3, 0.4) is 0 Å². The van der Waals surface area contributed by atoms with E-state index in [1.807, 2.05) is 21.5 Å².